The van der Waals surface area contributed by atoms with Crippen molar-refractivity contribution in [1.29, 1.82) is 0 Å². The predicted molar refractivity (Wildman–Crippen MR) is 77.9 cm³/mol. The first-order chi connectivity index (χ1) is 8.49. The van der Waals surface area contributed by atoms with Crippen molar-refractivity contribution >= 4 is 27.4 Å². The quantitative estimate of drug-likeness (QED) is 0.676. The summed E-state index contributed by atoms with van der Waals surface area (Å²) in [5.74, 6) is 0.0128. The summed E-state index contributed by atoms with van der Waals surface area (Å²) >= 11 is 3.44. The van der Waals surface area contributed by atoms with E-state index in [-0.39, 0.29) is 5.78 Å². The zero-order chi connectivity index (χ0) is 13.3. The average Bonchev–Trinajstić information content (AvgIpc) is 2.35. The SMILES string of the molecule is Cc1cc(C(=O)c2ccc(C)c(Br)c2)ccc1N. The number of nitrogen functional groups attached to an aromatic ring is 1. The lowest BCUT2D eigenvalue weighted by Crippen LogP contribution is -2.03. The molecule has 3 heteroatoms. The second-order valence-corrected chi connectivity index (χ2v) is 5.22. The van der Waals surface area contributed by atoms with Crippen LogP contribution in [-0.2, 0) is 0 Å². The van der Waals surface area contributed by atoms with Crippen molar-refractivity contribution in [2.24, 2.45) is 0 Å². The Labute approximate surface area is 115 Å². The minimum absolute atomic E-state index is 0.0128. The van der Waals surface area contributed by atoms with Gasteiger partial charge in [-0.3, -0.25) is 4.79 Å². The summed E-state index contributed by atoms with van der Waals surface area (Å²) in [5, 5.41) is 0. The van der Waals surface area contributed by atoms with Gasteiger partial charge in [-0.2, -0.15) is 0 Å². The molecule has 0 amide bonds. The minimum atomic E-state index is 0.0128. The van der Waals surface area contributed by atoms with E-state index >= 15 is 0 Å². The monoisotopic (exact) mass is 303 g/mol. The highest BCUT2D eigenvalue weighted by molar-refractivity contribution is 9.10. The summed E-state index contributed by atoms with van der Waals surface area (Å²) in [4.78, 5) is 12.3. The fraction of sp³-hybridized carbons (Fsp3) is 0.133. The molecule has 0 unspecified atom stereocenters. The minimum Gasteiger partial charge on any atom is -0.399 e. The van der Waals surface area contributed by atoms with E-state index in [0.29, 0.717) is 16.8 Å². The maximum atomic E-state index is 12.3. The molecule has 2 N–H and O–H groups in total. The molecular formula is C15H14BrNO. The second-order valence-electron chi connectivity index (χ2n) is 4.36. The molecule has 0 aliphatic carbocycles. The van der Waals surface area contributed by atoms with E-state index in [2.05, 4.69) is 15.9 Å². The van der Waals surface area contributed by atoms with Crippen LogP contribution >= 0.6 is 15.9 Å². The van der Waals surface area contributed by atoms with Crippen LogP contribution in [0.2, 0.25) is 0 Å². The third kappa shape index (κ3) is 2.46. The van der Waals surface area contributed by atoms with Gasteiger partial charge in [0, 0.05) is 21.3 Å². The number of hydrogen-bond donors (Lipinski definition) is 1. The summed E-state index contributed by atoms with van der Waals surface area (Å²) in [6.07, 6.45) is 0. The van der Waals surface area contributed by atoms with E-state index in [1.807, 2.05) is 38.1 Å². The molecule has 2 rings (SSSR count). The molecule has 0 saturated carbocycles. The molecule has 0 aliphatic heterocycles. The maximum Gasteiger partial charge on any atom is 0.193 e. The van der Waals surface area contributed by atoms with Gasteiger partial charge < -0.3 is 5.73 Å². The molecule has 2 aromatic rings. The Bertz CT molecular complexity index is 566. The van der Waals surface area contributed by atoms with Crippen LogP contribution in [0.5, 0.6) is 0 Å². The van der Waals surface area contributed by atoms with Crippen molar-refractivity contribution in [3.63, 3.8) is 0 Å². The lowest BCUT2D eigenvalue weighted by Gasteiger charge is -2.06. The molecular weight excluding hydrogens is 290 g/mol. The third-order valence-electron chi connectivity index (χ3n) is 2.97. The van der Waals surface area contributed by atoms with Gasteiger partial charge in [-0.15, -0.1) is 0 Å². The van der Waals surface area contributed by atoms with Crippen molar-refractivity contribution in [1.82, 2.24) is 0 Å². The summed E-state index contributed by atoms with van der Waals surface area (Å²) in [6, 6.07) is 11.0. The number of hydrogen-bond acceptors (Lipinski definition) is 2. The van der Waals surface area contributed by atoms with Crippen molar-refractivity contribution in [3.05, 3.63) is 63.1 Å². The molecule has 92 valence electrons. The number of benzene rings is 2. The first-order valence-electron chi connectivity index (χ1n) is 5.66. The molecule has 0 fully saturated rings. The van der Waals surface area contributed by atoms with Crippen LogP contribution < -0.4 is 5.73 Å². The lowest BCUT2D eigenvalue weighted by atomic mass is 10.0. The molecule has 0 atom stereocenters. The Morgan fingerprint density at radius 3 is 2.22 bits per heavy atom. The van der Waals surface area contributed by atoms with Gasteiger partial charge in [0.05, 0.1) is 0 Å². The molecule has 0 aliphatic rings. The van der Waals surface area contributed by atoms with Crippen molar-refractivity contribution in [3.8, 4) is 0 Å². The number of carbonyl (C=O) groups excluding carboxylic acids is 1. The summed E-state index contributed by atoms with van der Waals surface area (Å²) in [6.45, 7) is 3.89. The van der Waals surface area contributed by atoms with Crippen LogP contribution in [0.25, 0.3) is 0 Å². The fourth-order valence-corrected chi connectivity index (χ4v) is 2.10. The molecule has 0 radical (unpaired) electrons. The van der Waals surface area contributed by atoms with Gasteiger partial charge in [0.25, 0.3) is 0 Å². The van der Waals surface area contributed by atoms with Crippen molar-refractivity contribution in [2.75, 3.05) is 5.73 Å². The summed E-state index contributed by atoms with van der Waals surface area (Å²) in [5.41, 5.74) is 9.83. The zero-order valence-corrected chi connectivity index (χ0v) is 11.9. The van der Waals surface area contributed by atoms with Crippen LogP contribution in [0.3, 0.4) is 0 Å². The smallest absolute Gasteiger partial charge is 0.193 e. The van der Waals surface area contributed by atoms with Crippen molar-refractivity contribution in [2.45, 2.75) is 13.8 Å². The molecule has 0 aromatic heterocycles. The van der Waals surface area contributed by atoms with Crippen molar-refractivity contribution < 1.29 is 4.79 Å². The van der Waals surface area contributed by atoms with Gasteiger partial charge in [0.15, 0.2) is 5.78 Å². The standard InChI is InChI=1S/C15H14BrNO/c1-9-3-4-12(8-13(9)16)15(18)11-5-6-14(17)10(2)7-11/h3-8H,17H2,1-2H3. The van der Waals surface area contributed by atoms with Gasteiger partial charge in [-0.25, -0.2) is 0 Å². The molecule has 0 heterocycles. The topological polar surface area (TPSA) is 43.1 Å². The van der Waals surface area contributed by atoms with Gasteiger partial charge in [-0.05, 0) is 49.2 Å². The second kappa shape index (κ2) is 4.94. The highest BCUT2D eigenvalue weighted by atomic mass is 79.9. The number of anilines is 1. The fourth-order valence-electron chi connectivity index (χ4n) is 1.72. The molecule has 18 heavy (non-hydrogen) atoms. The number of ketones is 1. The van der Waals surface area contributed by atoms with E-state index in [0.717, 1.165) is 15.6 Å². The Morgan fingerprint density at radius 2 is 1.61 bits per heavy atom. The van der Waals surface area contributed by atoms with Crippen LogP contribution in [0.4, 0.5) is 5.69 Å². The summed E-state index contributed by atoms with van der Waals surface area (Å²) in [7, 11) is 0. The third-order valence-corrected chi connectivity index (χ3v) is 3.82. The number of rotatable bonds is 2. The van der Waals surface area contributed by atoms with E-state index in [9.17, 15) is 4.79 Å². The summed E-state index contributed by atoms with van der Waals surface area (Å²) < 4.78 is 0.945. The average molecular weight is 304 g/mol. The molecule has 0 saturated heterocycles. The van der Waals surface area contributed by atoms with Gasteiger partial charge in [-0.1, -0.05) is 28.1 Å². The zero-order valence-electron chi connectivity index (χ0n) is 10.3. The van der Waals surface area contributed by atoms with Crippen LogP contribution in [-0.4, -0.2) is 5.78 Å². The molecule has 0 bridgehead atoms. The Balaban J connectivity index is 2.41. The van der Waals surface area contributed by atoms with Crippen LogP contribution in [0.15, 0.2) is 40.9 Å². The van der Waals surface area contributed by atoms with E-state index in [1.54, 1.807) is 12.1 Å². The molecule has 2 nitrogen and oxygen atoms in total. The van der Waals surface area contributed by atoms with E-state index in [1.165, 1.54) is 0 Å². The maximum absolute atomic E-state index is 12.3. The lowest BCUT2D eigenvalue weighted by molar-refractivity contribution is 0.103. The Hall–Kier alpha value is -1.61. The largest absolute Gasteiger partial charge is 0.399 e. The van der Waals surface area contributed by atoms with Crippen LogP contribution in [0.1, 0.15) is 27.0 Å². The normalized spacial score (nSPS) is 10.4. The van der Waals surface area contributed by atoms with Gasteiger partial charge >= 0.3 is 0 Å². The number of aryl methyl sites for hydroxylation is 2. The Kier molecular flexibility index (Phi) is 3.53. The number of nitrogens with two attached hydrogens (primary N) is 1. The molecule has 2 aromatic carbocycles. The number of carbonyl (C=O) groups is 1. The molecule has 0 spiro atoms. The first-order valence-corrected chi connectivity index (χ1v) is 6.45. The predicted octanol–water partition coefficient (Wildman–Crippen LogP) is 3.88. The van der Waals surface area contributed by atoms with E-state index < -0.39 is 0 Å². The highest BCUT2D eigenvalue weighted by Gasteiger charge is 2.11. The first kappa shape index (κ1) is 12.8. The Morgan fingerprint density at radius 1 is 1.00 bits per heavy atom. The van der Waals surface area contributed by atoms with Gasteiger partial charge in [0.1, 0.15) is 0 Å². The number of halogens is 1. The van der Waals surface area contributed by atoms with Crippen LogP contribution in [0, 0.1) is 13.8 Å². The highest BCUT2D eigenvalue weighted by Crippen LogP contribution is 2.21. The van der Waals surface area contributed by atoms with E-state index in [4.69, 9.17) is 5.73 Å². The van der Waals surface area contributed by atoms with Gasteiger partial charge in [0.2, 0.25) is 0 Å².